The van der Waals surface area contributed by atoms with Crippen LogP contribution < -0.4 is 14.8 Å². The number of fused-ring (bicyclic) bond motifs is 1. The Morgan fingerprint density at radius 2 is 2.08 bits per heavy atom. The first-order valence-corrected chi connectivity index (χ1v) is 8.02. The molecular weight excluding hydrogens is 306 g/mol. The van der Waals surface area contributed by atoms with E-state index in [9.17, 15) is 5.26 Å². The molecule has 2 rings (SSSR count). The molecule has 0 atom stereocenters. The molecule has 0 saturated heterocycles. The molecule has 0 amide bonds. The lowest BCUT2D eigenvalue weighted by atomic mass is 10.1. The van der Waals surface area contributed by atoms with Gasteiger partial charge in [0.25, 0.3) is 0 Å². The van der Waals surface area contributed by atoms with Crippen LogP contribution in [0.25, 0.3) is 10.9 Å². The first-order chi connectivity index (χ1) is 11.8. The first kappa shape index (κ1) is 17.8. The van der Waals surface area contributed by atoms with Crippen molar-refractivity contribution >= 4 is 16.6 Å². The number of benzene rings is 1. The third kappa shape index (κ3) is 3.87. The molecule has 6 nitrogen and oxygen atoms in total. The van der Waals surface area contributed by atoms with E-state index in [1.54, 1.807) is 20.4 Å². The number of aromatic nitrogens is 1. The number of nitriles is 1. The Morgan fingerprint density at radius 1 is 1.25 bits per heavy atom. The summed E-state index contributed by atoms with van der Waals surface area (Å²) in [7, 11) is 3.21. The summed E-state index contributed by atoms with van der Waals surface area (Å²) in [6.45, 7) is 3.85. The van der Waals surface area contributed by atoms with E-state index in [1.807, 2.05) is 12.1 Å². The van der Waals surface area contributed by atoms with Crippen LogP contribution in [0.3, 0.4) is 0 Å². The van der Waals surface area contributed by atoms with Crippen molar-refractivity contribution in [1.82, 2.24) is 4.98 Å². The van der Waals surface area contributed by atoms with Crippen molar-refractivity contribution in [1.29, 1.82) is 5.26 Å². The Kier molecular flexibility index (Phi) is 6.64. The Bertz CT molecular complexity index is 726. The smallest absolute Gasteiger partial charge is 0.187 e. The molecule has 0 unspecified atom stereocenters. The van der Waals surface area contributed by atoms with Gasteiger partial charge in [0.2, 0.25) is 0 Å². The summed E-state index contributed by atoms with van der Waals surface area (Å²) < 4.78 is 16.2. The van der Waals surface area contributed by atoms with Crippen molar-refractivity contribution in [3.05, 3.63) is 23.9 Å². The predicted molar refractivity (Wildman–Crippen MR) is 93.8 cm³/mol. The summed E-state index contributed by atoms with van der Waals surface area (Å²) in [4.78, 5) is 4.40. The molecule has 0 fully saturated rings. The van der Waals surface area contributed by atoms with Crippen LogP contribution in [-0.4, -0.2) is 39.0 Å². The van der Waals surface area contributed by atoms with Crippen molar-refractivity contribution in [2.24, 2.45) is 0 Å². The number of nitrogens with zero attached hydrogens (tertiary/aromatic N) is 2. The number of methoxy groups -OCH3 is 2. The zero-order chi connectivity index (χ0) is 17.4. The second-order valence-corrected chi connectivity index (χ2v) is 5.27. The molecule has 1 aromatic carbocycles. The SMILES string of the molecule is CCCCNc1c(C#N)cnc2c(OC)c(OCCOC)ccc12. The van der Waals surface area contributed by atoms with Crippen LogP contribution in [0.4, 0.5) is 5.69 Å². The highest BCUT2D eigenvalue weighted by Gasteiger charge is 2.16. The lowest BCUT2D eigenvalue weighted by Crippen LogP contribution is -2.07. The summed E-state index contributed by atoms with van der Waals surface area (Å²) in [5, 5.41) is 13.6. The monoisotopic (exact) mass is 329 g/mol. The zero-order valence-corrected chi connectivity index (χ0v) is 14.4. The summed E-state index contributed by atoms with van der Waals surface area (Å²) in [5.41, 5.74) is 1.98. The summed E-state index contributed by atoms with van der Waals surface area (Å²) in [6.07, 6.45) is 3.68. The molecule has 0 spiro atoms. The number of anilines is 1. The lowest BCUT2D eigenvalue weighted by molar-refractivity contribution is 0.144. The molecule has 6 heteroatoms. The molecule has 0 saturated carbocycles. The normalized spacial score (nSPS) is 10.4. The van der Waals surface area contributed by atoms with Crippen LogP contribution in [0.5, 0.6) is 11.5 Å². The van der Waals surface area contributed by atoms with Gasteiger partial charge < -0.3 is 19.5 Å². The maximum absolute atomic E-state index is 9.36. The molecule has 1 aromatic heterocycles. The summed E-state index contributed by atoms with van der Waals surface area (Å²) >= 11 is 0. The van der Waals surface area contributed by atoms with Crippen molar-refractivity contribution in [2.45, 2.75) is 19.8 Å². The van der Waals surface area contributed by atoms with Gasteiger partial charge in [0.15, 0.2) is 11.5 Å². The third-order valence-electron chi connectivity index (χ3n) is 3.66. The Morgan fingerprint density at radius 3 is 2.75 bits per heavy atom. The number of pyridine rings is 1. The number of unbranched alkanes of at least 4 members (excludes halogenated alkanes) is 1. The number of hydrogen-bond acceptors (Lipinski definition) is 6. The maximum atomic E-state index is 9.36. The molecule has 1 N–H and O–H groups in total. The minimum Gasteiger partial charge on any atom is -0.491 e. The number of ether oxygens (including phenoxy) is 3. The van der Waals surface area contributed by atoms with Crippen molar-refractivity contribution in [3.63, 3.8) is 0 Å². The van der Waals surface area contributed by atoms with Gasteiger partial charge in [0.1, 0.15) is 18.2 Å². The number of rotatable bonds is 9. The Hall–Kier alpha value is -2.52. The Labute approximate surface area is 142 Å². The van der Waals surface area contributed by atoms with Gasteiger partial charge in [-0.25, -0.2) is 0 Å². The van der Waals surface area contributed by atoms with E-state index in [2.05, 4.69) is 23.3 Å². The fourth-order valence-corrected chi connectivity index (χ4v) is 2.43. The van der Waals surface area contributed by atoms with Gasteiger partial charge >= 0.3 is 0 Å². The van der Waals surface area contributed by atoms with Crippen molar-refractivity contribution in [3.8, 4) is 17.6 Å². The molecule has 0 aliphatic heterocycles. The first-order valence-electron chi connectivity index (χ1n) is 8.02. The fourth-order valence-electron chi connectivity index (χ4n) is 2.43. The van der Waals surface area contributed by atoms with Gasteiger partial charge in [-0.05, 0) is 18.6 Å². The molecule has 0 radical (unpaired) electrons. The van der Waals surface area contributed by atoms with Crippen LogP contribution in [0.2, 0.25) is 0 Å². The third-order valence-corrected chi connectivity index (χ3v) is 3.66. The topological polar surface area (TPSA) is 76.4 Å². The van der Waals surface area contributed by atoms with E-state index >= 15 is 0 Å². The lowest BCUT2D eigenvalue weighted by Gasteiger charge is -2.15. The van der Waals surface area contributed by atoms with Gasteiger partial charge in [-0.15, -0.1) is 0 Å². The Balaban J connectivity index is 2.46. The van der Waals surface area contributed by atoms with Crippen molar-refractivity contribution < 1.29 is 14.2 Å². The summed E-state index contributed by atoms with van der Waals surface area (Å²) in [6, 6.07) is 5.94. The average molecular weight is 329 g/mol. The minimum absolute atomic E-state index is 0.427. The van der Waals surface area contributed by atoms with E-state index in [-0.39, 0.29) is 0 Å². The van der Waals surface area contributed by atoms with Crippen LogP contribution >= 0.6 is 0 Å². The van der Waals surface area contributed by atoms with E-state index in [1.165, 1.54) is 0 Å². The molecule has 1 heterocycles. The van der Waals surface area contributed by atoms with E-state index in [0.717, 1.165) is 30.5 Å². The quantitative estimate of drug-likeness (QED) is 0.711. The number of nitrogens with one attached hydrogen (secondary N) is 1. The maximum Gasteiger partial charge on any atom is 0.187 e. The fraction of sp³-hybridized carbons (Fsp3) is 0.444. The van der Waals surface area contributed by atoms with Crippen LogP contribution in [0, 0.1) is 11.3 Å². The average Bonchev–Trinajstić information content (AvgIpc) is 2.61. The van der Waals surface area contributed by atoms with Gasteiger partial charge in [-0.3, -0.25) is 4.98 Å². The van der Waals surface area contributed by atoms with Gasteiger partial charge in [-0.1, -0.05) is 13.3 Å². The van der Waals surface area contributed by atoms with Crippen LogP contribution in [0.15, 0.2) is 18.3 Å². The molecule has 128 valence electrons. The van der Waals surface area contributed by atoms with E-state index in [0.29, 0.717) is 35.8 Å². The zero-order valence-electron chi connectivity index (χ0n) is 14.4. The van der Waals surface area contributed by atoms with Crippen LogP contribution in [0.1, 0.15) is 25.3 Å². The van der Waals surface area contributed by atoms with Gasteiger partial charge in [0.05, 0.1) is 25.0 Å². The van der Waals surface area contributed by atoms with E-state index in [4.69, 9.17) is 14.2 Å². The highest BCUT2D eigenvalue weighted by atomic mass is 16.5. The van der Waals surface area contributed by atoms with Crippen molar-refractivity contribution in [2.75, 3.05) is 39.3 Å². The standard InChI is InChI=1S/C18H23N3O3/c1-4-5-8-20-16-13(11-19)12-21-17-14(16)6-7-15(18(17)23-3)24-10-9-22-2/h6-7,12H,4-5,8-10H2,1-3H3,(H,20,21). The van der Waals surface area contributed by atoms with Crippen LogP contribution in [-0.2, 0) is 4.74 Å². The van der Waals surface area contributed by atoms with E-state index < -0.39 is 0 Å². The minimum atomic E-state index is 0.427. The predicted octanol–water partition coefficient (Wildman–Crippen LogP) is 3.35. The second-order valence-electron chi connectivity index (χ2n) is 5.27. The largest absolute Gasteiger partial charge is 0.491 e. The molecule has 0 bridgehead atoms. The van der Waals surface area contributed by atoms with Gasteiger partial charge in [-0.2, -0.15) is 5.26 Å². The highest BCUT2D eigenvalue weighted by molar-refractivity contribution is 5.98. The summed E-state index contributed by atoms with van der Waals surface area (Å²) in [5.74, 6) is 1.17. The molecular formula is C18H23N3O3. The number of hydrogen-bond donors (Lipinski definition) is 1. The second kappa shape index (κ2) is 8.94. The van der Waals surface area contributed by atoms with Gasteiger partial charge in [0, 0.05) is 25.2 Å². The molecule has 2 aromatic rings. The molecule has 0 aliphatic carbocycles. The molecule has 24 heavy (non-hydrogen) atoms. The highest BCUT2D eigenvalue weighted by Crippen LogP contribution is 2.38. The molecule has 0 aliphatic rings.